The average molecular weight is 172 g/mol. The van der Waals surface area contributed by atoms with E-state index < -0.39 is 0 Å². The highest BCUT2D eigenvalue weighted by molar-refractivity contribution is 4.98. The van der Waals surface area contributed by atoms with Crippen LogP contribution in [-0.2, 0) is 4.74 Å². The zero-order valence-electron chi connectivity index (χ0n) is 8.10. The van der Waals surface area contributed by atoms with Crippen LogP contribution in [0, 0.1) is 0 Å². The Hall–Kier alpha value is -0.120. The van der Waals surface area contributed by atoms with Gasteiger partial charge in [0, 0.05) is 7.11 Å². The number of nitrogens with two attached hydrogens (primary N) is 1. The van der Waals surface area contributed by atoms with E-state index in [2.05, 4.69) is 12.3 Å². The molecule has 72 valence electrons. The molecule has 0 amide bonds. The smallest absolute Gasteiger partial charge is 0.0844 e. The van der Waals surface area contributed by atoms with E-state index in [0.717, 1.165) is 25.7 Å². The molecule has 3 N–H and O–H groups in total. The van der Waals surface area contributed by atoms with Crippen molar-refractivity contribution >= 4 is 0 Å². The molecule has 1 atom stereocenters. The molecular weight excluding hydrogens is 152 g/mol. The molecule has 0 bridgehead atoms. The third-order valence-corrected chi connectivity index (χ3v) is 3.02. The summed E-state index contributed by atoms with van der Waals surface area (Å²) in [6.45, 7) is 2.17. The molecule has 12 heavy (non-hydrogen) atoms. The van der Waals surface area contributed by atoms with Gasteiger partial charge in [0.15, 0.2) is 0 Å². The van der Waals surface area contributed by atoms with Gasteiger partial charge in [0.1, 0.15) is 0 Å². The standard InChI is InChI=1S/C9H20N2O/c1-3-5-8(11-10)9(12-2)6-4-7-9/h8,11H,3-7,10H2,1-2H3. The van der Waals surface area contributed by atoms with Crippen molar-refractivity contribution in [1.82, 2.24) is 5.43 Å². The average Bonchev–Trinajstić information content (AvgIpc) is 2.02. The minimum atomic E-state index is 0.0464. The Bertz CT molecular complexity index is 129. The van der Waals surface area contributed by atoms with Gasteiger partial charge in [0.2, 0.25) is 0 Å². The minimum Gasteiger partial charge on any atom is -0.377 e. The molecule has 0 aliphatic heterocycles. The van der Waals surface area contributed by atoms with Crippen molar-refractivity contribution in [2.24, 2.45) is 5.84 Å². The largest absolute Gasteiger partial charge is 0.377 e. The Morgan fingerprint density at radius 3 is 2.50 bits per heavy atom. The fourth-order valence-corrected chi connectivity index (χ4v) is 2.01. The van der Waals surface area contributed by atoms with Crippen LogP contribution in [0.1, 0.15) is 39.0 Å². The fourth-order valence-electron chi connectivity index (χ4n) is 2.01. The van der Waals surface area contributed by atoms with Gasteiger partial charge in [-0.2, -0.15) is 0 Å². The molecule has 1 aliphatic rings. The summed E-state index contributed by atoms with van der Waals surface area (Å²) in [4.78, 5) is 0. The summed E-state index contributed by atoms with van der Waals surface area (Å²) in [5.74, 6) is 5.50. The molecule has 0 aromatic heterocycles. The Morgan fingerprint density at radius 2 is 2.25 bits per heavy atom. The first kappa shape index (κ1) is 9.96. The maximum atomic E-state index is 5.54. The number of hydrogen-bond donors (Lipinski definition) is 2. The molecule has 1 rings (SSSR count). The molecule has 0 aromatic rings. The monoisotopic (exact) mass is 172 g/mol. The maximum Gasteiger partial charge on any atom is 0.0844 e. The number of hydrazine groups is 1. The van der Waals surface area contributed by atoms with Crippen molar-refractivity contribution in [3.63, 3.8) is 0 Å². The van der Waals surface area contributed by atoms with Crippen LogP contribution in [0.4, 0.5) is 0 Å². The molecule has 0 aromatic carbocycles. The number of rotatable bonds is 5. The maximum absolute atomic E-state index is 5.54. The van der Waals surface area contributed by atoms with Crippen molar-refractivity contribution in [3.8, 4) is 0 Å². The lowest BCUT2D eigenvalue weighted by atomic mass is 9.73. The normalized spacial score (nSPS) is 23.2. The molecule has 0 spiro atoms. The summed E-state index contributed by atoms with van der Waals surface area (Å²) in [5.41, 5.74) is 2.92. The van der Waals surface area contributed by atoms with Gasteiger partial charge in [0.25, 0.3) is 0 Å². The van der Waals surface area contributed by atoms with E-state index in [4.69, 9.17) is 10.6 Å². The van der Waals surface area contributed by atoms with Gasteiger partial charge in [-0.1, -0.05) is 13.3 Å². The minimum absolute atomic E-state index is 0.0464. The topological polar surface area (TPSA) is 47.3 Å². The first-order chi connectivity index (χ1) is 5.79. The third kappa shape index (κ3) is 1.63. The van der Waals surface area contributed by atoms with Crippen LogP contribution in [0.2, 0.25) is 0 Å². The van der Waals surface area contributed by atoms with E-state index in [1.807, 2.05) is 0 Å². The van der Waals surface area contributed by atoms with Gasteiger partial charge >= 0.3 is 0 Å². The van der Waals surface area contributed by atoms with Crippen molar-refractivity contribution in [2.75, 3.05) is 7.11 Å². The second kappa shape index (κ2) is 4.21. The SMILES string of the molecule is CCCC(NN)C1(OC)CCC1. The molecule has 1 aliphatic carbocycles. The Morgan fingerprint density at radius 1 is 1.58 bits per heavy atom. The second-order valence-electron chi connectivity index (χ2n) is 3.63. The van der Waals surface area contributed by atoms with E-state index in [1.54, 1.807) is 7.11 Å². The summed E-state index contributed by atoms with van der Waals surface area (Å²) in [6, 6.07) is 0.334. The van der Waals surface area contributed by atoms with Crippen LogP contribution in [-0.4, -0.2) is 18.8 Å². The first-order valence-corrected chi connectivity index (χ1v) is 4.80. The van der Waals surface area contributed by atoms with Gasteiger partial charge in [-0.25, -0.2) is 0 Å². The lowest BCUT2D eigenvalue weighted by molar-refractivity contribution is -0.100. The highest BCUT2D eigenvalue weighted by atomic mass is 16.5. The van der Waals surface area contributed by atoms with Gasteiger partial charge in [0.05, 0.1) is 11.6 Å². The molecule has 1 unspecified atom stereocenters. The van der Waals surface area contributed by atoms with Crippen molar-refractivity contribution in [2.45, 2.75) is 50.7 Å². The van der Waals surface area contributed by atoms with Crippen molar-refractivity contribution < 1.29 is 4.74 Å². The van der Waals surface area contributed by atoms with Crippen molar-refractivity contribution in [3.05, 3.63) is 0 Å². The highest BCUT2D eigenvalue weighted by Crippen LogP contribution is 2.39. The van der Waals surface area contributed by atoms with Crippen LogP contribution in [0.3, 0.4) is 0 Å². The second-order valence-corrected chi connectivity index (χ2v) is 3.63. The number of nitrogens with one attached hydrogen (secondary N) is 1. The van der Waals surface area contributed by atoms with Gasteiger partial charge < -0.3 is 4.74 Å². The van der Waals surface area contributed by atoms with E-state index >= 15 is 0 Å². The van der Waals surface area contributed by atoms with Crippen LogP contribution in [0.25, 0.3) is 0 Å². The van der Waals surface area contributed by atoms with Gasteiger partial charge in [-0.15, -0.1) is 0 Å². The van der Waals surface area contributed by atoms with Crippen LogP contribution < -0.4 is 11.3 Å². The highest BCUT2D eigenvalue weighted by Gasteiger charge is 2.43. The van der Waals surface area contributed by atoms with Crippen LogP contribution in [0.5, 0.6) is 0 Å². The Balaban J connectivity index is 2.49. The summed E-state index contributed by atoms with van der Waals surface area (Å²) in [7, 11) is 1.79. The number of methoxy groups -OCH3 is 1. The number of hydrogen-bond acceptors (Lipinski definition) is 3. The Labute approximate surface area is 74.6 Å². The molecule has 1 saturated carbocycles. The van der Waals surface area contributed by atoms with E-state index in [9.17, 15) is 0 Å². The summed E-state index contributed by atoms with van der Waals surface area (Å²) < 4.78 is 5.54. The van der Waals surface area contributed by atoms with Crippen LogP contribution >= 0.6 is 0 Å². The van der Waals surface area contributed by atoms with E-state index in [0.29, 0.717) is 6.04 Å². The zero-order valence-corrected chi connectivity index (χ0v) is 8.10. The Kier molecular flexibility index (Phi) is 3.50. The lowest BCUT2D eigenvalue weighted by Gasteiger charge is -2.46. The van der Waals surface area contributed by atoms with E-state index in [-0.39, 0.29) is 5.60 Å². The summed E-state index contributed by atoms with van der Waals surface area (Å²) in [5, 5.41) is 0. The molecule has 0 radical (unpaired) electrons. The first-order valence-electron chi connectivity index (χ1n) is 4.80. The molecular formula is C9H20N2O. The quantitative estimate of drug-likeness (QED) is 0.483. The molecule has 1 fully saturated rings. The summed E-state index contributed by atoms with van der Waals surface area (Å²) >= 11 is 0. The van der Waals surface area contributed by atoms with Crippen molar-refractivity contribution in [1.29, 1.82) is 0 Å². The molecule has 0 saturated heterocycles. The predicted octanol–water partition coefficient (Wildman–Crippen LogP) is 1.19. The van der Waals surface area contributed by atoms with Gasteiger partial charge in [-0.3, -0.25) is 11.3 Å². The summed E-state index contributed by atoms with van der Waals surface area (Å²) in [6.07, 6.45) is 5.83. The lowest BCUT2D eigenvalue weighted by Crippen LogP contribution is -2.58. The van der Waals surface area contributed by atoms with E-state index in [1.165, 1.54) is 6.42 Å². The zero-order chi connectivity index (χ0) is 9.03. The molecule has 3 heteroatoms. The number of ether oxygens (including phenoxy) is 1. The van der Waals surface area contributed by atoms with Crippen LogP contribution in [0.15, 0.2) is 0 Å². The third-order valence-electron chi connectivity index (χ3n) is 3.02. The fraction of sp³-hybridized carbons (Fsp3) is 1.00. The molecule has 0 heterocycles. The predicted molar refractivity (Wildman–Crippen MR) is 49.6 cm³/mol. The van der Waals surface area contributed by atoms with Gasteiger partial charge in [-0.05, 0) is 25.7 Å². The molecule has 3 nitrogen and oxygen atoms in total.